The molecular weight excluding hydrogens is 731 g/mol. The van der Waals surface area contributed by atoms with Gasteiger partial charge in [0, 0.05) is 43.7 Å². The van der Waals surface area contributed by atoms with Crippen molar-refractivity contribution in [3.05, 3.63) is 218 Å². The zero-order valence-electron chi connectivity index (χ0n) is 32.6. The van der Waals surface area contributed by atoms with Crippen molar-refractivity contribution in [1.82, 2.24) is 13.7 Å². The van der Waals surface area contributed by atoms with Crippen molar-refractivity contribution in [3.8, 4) is 17.1 Å². The Morgan fingerprint density at radius 2 is 0.712 bits per heavy atom. The third kappa shape index (κ3) is 4.94. The van der Waals surface area contributed by atoms with E-state index in [0.29, 0.717) is 0 Å². The number of para-hydroxylation sites is 5. The number of fused-ring (bicyclic) bond motifs is 9. The Morgan fingerprint density at radius 1 is 0.288 bits per heavy atom. The highest BCUT2D eigenvalue weighted by Gasteiger charge is 2.35. The van der Waals surface area contributed by atoms with Crippen LogP contribution in [0.25, 0.3) is 82.5 Å². The van der Waals surface area contributed by atoms with E-state index in [4.69, 9.17) is 0 Å². The zero-order valence-corrected chi connectivity index (χ0v) is 33.6. The summed E-state index contributed by atoms with van der Waals surface area (Å²) >= 11 is 0. The van der Waals surface area contributed by atoms with E-state index >= 15 is 0 Å². The Hall–Kier alpha value is -7.40. The first-order chi connectivity index (χ1) is 29.2. The number of hydrogen-bond acceptors (Lipinski definition) is 0. The van der Waals surface area contributed by atoms with Crippen molar-refractivity contribution in [3.63, 3.8) is 0 Å². The van der Waals surface area contributed by atoms with E-state index in [1.54, 1.807) is 0 Å². The van der Waals surface area contributed by atoms with E-state index in [9.17, 15) is 0 Å². The maximum Gasteiger partial charge on any atom is 0.145 e. The normalized spacial score (nSPS) is 12.2. The summed E-state index contributed by atoms with van der Waals surface area (Å²) in [6, 6.07) is 80.9. The molecule has 59 heavy (non-hydrogen) atoms. The van der Waals surface area contributed by atoms with Gasteiger partial charge in [0.25, 0.3) is 0 Å². The first kappa shape index (κ1) is 33.7. The highest BCUT2D eigenvalue weighted by molar-refractivity contribution is 7.10. The van der Waals surface area contributed by atoms with Gasteiger partial charge in [-0.2, -0.15) is 0 Å². The average molecular weight is 770 g/mol. The van der Waals surface area contributed by atoms with Gasteiger partial charge in [-0.15, -0.1) is 0 Å². The fraction of sp³-hybridized carbons (Fsp3) is 0.0182. The van der Waals surface area contributed by atoms with Crippen LogP contribution in [0.3, 0.4) is 0 Å². The number of nitrogens with zero attached hydrogens (tertiary/aromatic N) is 3. The van der Waals surface area contributed by atoms with Crippen LogP contribution in [0.2, 0.25) is 6.55 Å². The minimum Gasteiger partial charge on any atom is -0.309 e. The molecule has 0 N–H and O–H groups in total. The van der Waals surface area contributed by atoms with Crippen LogP contribution in [-0.4, -0.2) is 21.8 Å². The van der Waals surface area contributed by atoms with Gasteiger partial charge in [0.05, 0.1) is 38.8 Å². The molecule has 0 aliphatic rings. The Kier molecular flexibility index (Phi) is 7.47. The number of benzene rings is 9. The molecule has 3 aromatic heterocycles. The molecule has 0 unspecified atom stereocenters. The van der Waals surface area contributed by atoms with E-state index in [2.05, 4.69) is 239 Å². The molecular formula is C55H39N3Si. The molecule has 0 fully saturated rings. The second-order valence-electron chi connectivity index (χ2n) is 15.9. The van der Waals surface area contributed by atoms with Gasteiger partial charge in [0.1, 0.15) is 8.07 Å². The molecule has 0 saturated heterocycles. The molecule has 12 rings (SSSR count). The Morgan fingerprint density at radius 3 is 1.22 bits per heavy atom. The van der Waals surface area contributed by atoms with Crippen molar-refractivity contribution in [1.29, 1.82) is 0 Å². The summed E-state index contributed by atoms with van der Waals surface area (Å²) in [6.07, 6.45) is 0. The highest BCUT2D eigenvalue weighted by Crippen LogP contribution is 2.42. The van der Waals surface area contributed by atoms with E-state index in [-0.39, 0.29) is 0 Å². The molecule has 0 bridgehead atoms. The van der Waals surface area contributed by atoms with Gasteiger partial charge < -0.3 is 13.7 Å². The first-order valence-electron chi connectivity index (χ1n) is 20.4. The summed E-state index contributed by atoms with van der Waals surface area (Å²) in [5.74, 6) is 0. The monoisotopic (exact) mass is 769 g/mol. The van der Waals surface area contributed by atoms with Crippen LogP contribution in [-0.2, 0) is 0 Å². The van der Waals surface area contributed by atoms with Gasteiger partial charge in [-0.05, 0) is 70.2 Å². The van der Waals surface area contributed by atoms with Crippen molar-refractivity contribution >= 4 is 89.1 Å². The molecule has 0 aliphatic heterocycles. The predicted octanol–water partition coefficient (Wildman–Crippen LogP) is 12.1. The minimum absolute atomic E-state index is 1.13. The second kappa shape index (κ2) is 13.1. The standard InChI is InChI=1S/C55H39N3Si/c1-59(40-21-7-3-8-22-40,41-23-9-4-10-24-41)42-33-34-53-47(37-42)48-35-39(56-49-29-15-11-25-43(49)44-26-12-16-30-50(44)56)36-54(55(48)57(53)38-19-5-2-6-20-38)58-51-31-17-13-27-45(51)46-28-14-18-32-52(46)58/h2-37H,1H3. The summed E-state index contributed by atoms with van der Waals surface area (Å²) in [4.78, 5) is 0. The Bertz CT molecular complexity index is 3410. The Labute approximate surface area is 343 Å². The number of aromatic nitrogens is 3. The SMILES string of the molecule is C[Si](c1ccccc1)(c1ccccc1)c1ccc2c(c1)c1cc(-n3c4ccccc4c4ccccc43)cc(-n3c4ccccc4c4ccccc43)c1n2-c1ccccc1. The third-order valence-corrected chi connectivity index (χ3v) is 17.2. The van der Waals surface area contributed by atoms with E-state index < -0.39 is 8.07 Å². The summed E-state index contributed by atoms with van der Waals surface area (Å²) in [7, 11) is -2.45. The average Bonchev–Trinajstić information content (AvgIpc) is 3.95. The quantitative estimate of drug-likeness (QED) is 0.118. The van der Waals surface area contributed by atoms with E-state index in [1.165, 1.54) is 81.0 Å². The van der Waals surface area contributed by atoms with E-state index in [0.717, 1.165) is 17.1 Å². The van der Waals surface area contributed by atoms with Crippen LogP contribution in [0.15, 0.2) is 218 Å². The van der Waals surface area contributed by atoms with Crippen molar-refractivity contribution in [2.24, 2.45) is 0 Å². The first-order valence-corrected chi connectivity index (χ1v) is 22.9. The maximum atomic E-state index is 2.54. The van der Waals surface area contributed by atoms with E-state index in [1.807, 2.05) is 0 Å². The van der Waals surface area contributed by atoms with Gasteiger partial charge >= 0.3 is 0 Å². The lowest BCUT2D eigenvalue weighted by Gasteiger charge is -2.29. The zero-order chi connectivity index (χ0) is 39.1. The predicted molar refractivity (Wildman–Crippen MR) is 253 cm³/mol. The highest BCUT2D eigenvalue weighted by atomic mass is 28.3. The molecule has 278 valence electrons. The molecule has 4 heteroatoms. The van der Waals surface area contributed by atoms with Crippen LogP contribution in [0, 0.1) is 0 Å². The number of rotatable bonds is 6. The molecule has 0 amide bonds. The topological polar surface area (TPSA) is 14.8 Å². The fourth-order valence-corrected chi connectivity index (χ4v) is 13.6. The molecule has 0 atom stereocenters. The van der Waals surface area contributed by atoms with Crippen LogP contribution >= 0.6 is 0 Å². The van der Waals surface area contributed by atoms with Gasteiger partial charge in [-0.25, -0.2) is 0 Å². The van der Waals surface area contributed by atoms with Crippen LogP contribution < -0.4 is 15.6 Å². The minimum atomic E-state index is -2.45. The van der Waals surface area contributed by atoms with Gasteiger partial charge in [0.2, 0.25) is 0 Å². The van der Waals surface area contributed by atoms with Crippen molar-refractivity contribution in [2.75, 3.05) is 0 Å². The summed E-state index contributed by atoms with van der Waals surface area (Å²) in [5.41, 5.74) is 10.6. The van der Waals surface area contributed by atoms with Gasteiger partial charge in [-0.1, -0.05) is 170 Å². The summed E-state index contributed by atoms with van der Waals surface area (Å²) in [5, 5.41) is 11.6. The smallest absolute Gasteiger partial charge is 0.145 e. The lowest BCUT2D eigenvalue weighted by molar-refractivity contribution is 1.11. The number of hydrogen-bond donors (Lipinski definition) is 0. The van der Waals surface area contributed by atoms with Crippen molar-refractivity contribution in [2.45, 2.75) is 6.55 Å². The molecule has 9 aromatic carbocycles. The Balaban J connectivity index is 1.28. The van der Waals surface area contributed by atoms with Gasteiger partial charge in [-0.3, -0.25) is 0 Å². The molecule has 0 radical (unpaired) electrons. The third-order valence-electron chi connectivity index (χ3n) is 12.8. The largest absolute Gasteiger partial charge is 0.309 e. The lowest BCUT2D eigenvalue weighted by atomic mass is 10.1. The second-order valence-corrected chi connectivity index (χ2v) is 19.8. The summed E-state index contributed by atoms with van der Waals surface area (Å²) in [6.45, 7) is 2.52. The molecule has 0 spiro atoms. The molecule has 12 aromatic rings. The molecule has 0 aliphatic carbocycles. The van der Waals surface area contributed by atoms with Crippen LogP contribution in [0.1, 0.15) is 0 Å². The maximum absolute atomic E-state index is 2.54. The molecule has 3 heterocycles. The molecule has 0 saturated carbocycles. The van der Waals surface area contributed by atoms with Crippen molar-refractivity contribution < 1.29 is 0 Å². The van der Waals surface area contributed by atoms with Crippen LogP contribution in [0.5, 0.6) is 0 Å². The van der Waals surface area contributed by atoms with Crippen LogP contribution in [0.4, 0.5) is 0 Å². The summed E-state index contributed by atoms with van der Waals surface area (Å²) < 4.78 is 7.49. The molecule has 3 nitrogen and oxygen atoms in total. The lowest BCUT2D eigenvalue weighted by Crippen LogP contribution is -2.64. The van der Waals surface area contributed by atoms with Gasteiger partial charge in [0.15, 0.2) is 0 Å². The fourth-order valence-electron chi connectivity index (χ4n) is 9.99.